The first-order valence-corrected chi connectivity index (χ1v) is 12.4. The molecule has 0 bridgehead atoms. The molecule has 3 rings (SSSR count). The Kier molecular flexibility index (Phi) is 8.07. The van der Waals surface area contributed by atoms with Crippen LogP contribution in [0.15, 0.2) is 0 Å². The van der Waals surface area contributed by atoms with Crippen molar-refractivity contribution in [2.75, 3.05) is 26.2 Å². The summed E-state index contributed by atoms with van der Waals surface area (Å²) in [6, 6.07) is 0. The molecule has 2 saturated carbocycles. The minimum Gasteiger partial charge on any atom is -0.444 e. The van der Waals surface area contributed by atoms with Gasteiger partial charge in [0.1, 0.15) is 11.1 Å². The maximum Gasteiger partial charge on any atom is 0.408 e. The molecule has 0 aromatic rings. The number of alkyl halides is 3. The topological polar surface area (TPSA) is 79.0 Å². The zero-order valence-corrected chi connectivity index (χ0v) is 20.5. The summed E-state index contributed by atoms with van der Waals surface area (Å²) in [6.45, 7) is 6.04. The highest BCUT2D eigenvalue weighted by Crippen LogP contribution is 2.40. The summed E-state index contributed by atoms with van der Waals surface area (Å²) in [6.07, 6.45) is 0.0884. The average Bonchev–Trinajstić information content (AvgIpc) is 2.73. The summed E-state index contributed by atoms with van der Waals surface area (Å²) >= 11 is 0. The maximum absolute atomic E-state index is 13.5. The lowest BCUT2D eigenvalue weighted by atomic mass is 9.80. The molecule has 10 heteroatoms. The smallest absolute Gasteiger partial charge is 0.408 e. The molecule has 0 radical (unpaired) electrons. The molecule has 1 saturated heterocycles. The second-order valence-corrected chi connectivity index (χ2v) is 11.1. The van der Waals surface area contributed by atoms with Gasteiger partial charge in [-0.2, -0.15) is 13.2 Å². The minimum absolute atomic E-state index is 0.0544. The van der Waals surface area contributed by atoms with Crippen LogP contribution in [0.5, 0.6) is 0 Å². The van der Waals surface area contributed by atoms with Crippen LogP contribution in [0, 0.1) is 11.8 Å². The minimum atomic E-state index is -4.19. The van der Waals surface area contributed by atoms with Crippen LogP contribution < -0.4 is 5.32 Å². The Labute approximate surface area is 199 Å². The molecule has 1 N–H and O–H groups in total. The third-order valence-corrected chi connectivity index (χ3v) is 7.19. The Balaban J connectivity index is 1.60. The van der Waals surface area contributed by atoms with Gasteiger partial charge in [-0.05, 0) is 58.8 Å². The molecule has 1 heterocycles. The quantitative estimate of drug-likeness (QED) is 0.640. The standard InChI is InChI=1S/C24H38F3N3O4/c1-22(2,3)34-21(33)28-23(10-5-4-6-11-23)20(32)30-13-12-29(19(31)16-30)15-17-8-7-9-18(14-17)24(25,26)27/h17-18H,4-16H2,1-3H3,(H,28,33). The maximum atomic E-state index is 13.5. The fourth-order valence-electron chi connectivity index (χ4n) is 5.49. The monoisotopic (exact) mass is 489 g/mol. The van der Waals surface area contributed by atoms with Gasteiger partial charge in [0.25, 0.3) is 0 Å². The molecule has 3 amide bonds. The molecule has 2 aliphatic carbocycles. The largest absolute Gasteiger partial charge is 0.444 e. The molecular formula is C24H38F3N3O4. The predicted octanol–water partition coefficient (Wildman–Crippen LogP) is 4.25. The van der Waals surface area contributed by atoms with Gasteiger partial charge in [-0.15, -0.1) is 0 Å². The van der Waals surface area contributed by atoms with Crippen molar-refractivity contribution >= 4 is 17.9 Å². The third-order valence-electron chi connectivity index (χ3n) is 7.19. The van der Waals surface area contributed by atoms with E-state index in [1.54, 1.807) is 25.7 Å². The summed E-state index contributed by atoms with van der Waals surface area (Å²) in [5.41, 5.74) is -1.79. The highest BCUT2D eigenvalue weighted by Gasteiger charge is 2.46. The summed E-state index contributed by atoms with van der Waals surface area (Å²) in [5, 5.41) is 2.81. The van der Waals surface area contributed by atoms with Crippen molar-refractivity contribution in [2.24, 2.45) is 11.8 Å². The van der Waals surface area contributed by atoms with E-state index in [2.05, 4.69) is 5.32 Å². The van der Waals surface area contributed by atoms with Crippen LogP contribution in [0.4, 0.5) is 18.0 Å². The van der Waals surface area contributed by atoms with Crippen LogP contribution in [0.2, 0.25) is 0 Å². The number of ether oxygens (including phenoxy) is 1. The number of hydrogen-bond donors (Lipinski definition) is 1. The number of nitrogens with one attached hydrogen (secondary N) is 1. The van der Waals surface area contributed by atoms with Gasteiger partial charge in [0.05, 0.1) is 12.5 Å². The number of hydrogen-bond acceptors (Lipinski definition) is 4. The third kappa shape index (κ3) is 6.78. The number of carbonyl (C=O) groups is 3. The van der Waals surface area contributed by atoms with Crippen LogP contribution in [-0.2, 0) is 14.3 Å². The van der Waals surface area contributed by atoms with Crippen LogP contribution in [0.3, 0.4) is 0 Å². The van der Waals surface area contributed by atoms with E-state index in [-0.39, 0.29) is 37.1 Å². The number of amides is 3. The summed E-state index contributed by atoms with van der Waals surface area (Å²) in [7, 11) is 0. The molecule has 3 aliphatic rings. The Bertz CT molecular complexity index is 760. The van der Waals surface area contributed by atoms with E-state index in [1.807, 2.05) is 0 Å². The molecule has 0 aromatic carbocycles. The summed E-state index contributed by atoms with van der Waals surface area (Å²) < 4.78 is 44.8. The Morgan fingerprint density at radius 3 is 2.32 bits per heavy atom. The van der Waals surface area contributed by atoms with Crippen molar-refractivity contribution in [3.8, 4) is 0 Å². The highest BCUT2D eigenvalue weighted by atomic mass is 19.4. The van der Waals surface area contributed by atoms with Gasteiger partial charge in [0.15, 0.2) is 0 Å². The van der Waals surface area contributed by atoms with Crippen molar-refractivity contribution in [3.63, 3.8) is 0 Å². The van der Waals surface area contributed by atoms with E-state index < -0.39 is 29.3 Å². The lowest BCUT2D eigenvalue weighted by Gasteiger charge is -2.43. The summed E-state index contributed by atoms with van der Waals surface area (Å²) in [4.78, 5) is 42.0. The molecule has 34 heavy (non-hydrogen) atoms. The van der Waals surface area contributed by atoms with Crippen molar-refractivity contribution in [3.05, 3.63) is 0 Å². The zero-order chi connectivity index (χ0) is 25.1. The van der Waals surface area contributed by atoms with Crippen molar-refractivity contribution in [1.29, 1.82) is 0 Å². The number of halogens is 3. The van der Waals surface area contributed by atoms with Crippen LogP contribution >= 0.6 is 0 Å². The molecule has 0 spiro atoms. The Morgan fingerprint density at radius 2 is 1.74 bits per heavy atom. The fourth-order valence-corrected chi connectivity index (χ4v) is 5.49. The fraction of sp³-hybridized carbons (Fsp3) is 0.875. The van der Waals surface area contributed by atoms with Gasteiger partial charge in [-0.3, -0.25) is 9.59 Å². The van der Waals surface area contributed by atoms with Crippen LogP contribution in [-0.4, -0.2) is 71.2 Å². The van der Waals surface area contributed by atoms with E-state index in [1.165, 1.54) is 4.90 Å². The Hall–Kier alpha value is -2.00. The summed E-state index contributed by atoms with van der Waals surface area (Å²) in [5.74, 6) is -2.00. The van der Waals surface area contributed by atoms with Crippen molar-refractivity contribution in [2.45, 2.75) is 95.9 Å². The second-order valence-electron chi connectivity index (χ2n) is 11.1. The van der Waals surface area contributed by atoms with E-state index in [0.29, 0.717) is 45.3 Å². The van der Waals surface area contributed by atoms with Gasteiger partial charge in [-0.25, -0.2) is 4.79 Å². The number of rotatable bonds is 4. The molecule has 0 aromatic heterocycles. The highest BCUT2D eigenvalue weighted by molar-refractivity contribution is 5.93. The molecule has 194 valence electrons. The number of carbonyl (C=O) groups excluding carboxylic acids is 3. The average molecular weight is 490 g/mol. The van der Waals surface area contributed by atoms with Crippen LogP contribution in [0.25, 0.3) is 0 Å². The van der Waals surface area contributed by atoms with Gasteiger partial charge in [0, 0.05) is 19.6 Å². The zero-order valence-electron chi connectivity index (χ0n) is 20.5. The normalized spacial score (nSPS) is 26.2. The Morgan fingerprint density at radius 1 is 1.06 bits per heavy atom. The van der Waals surface area contributed by atoms with Gasteiger partial charge in [0.2, 0.25) is 11.8 Å². The van der Waals surface area contributed by atoms with Crippen LogP contribution in [0.1, 0.15) is 78.6 Å². The lowest BCUT2D eigenvalue weighted by molar-refractivity contribution is -0.186. The lowest BCUT2D eigenvalue weighted by Crippen LogP contribution is -2.64. The molecule has 2 unspecified atom stereocenters. The van der Waals surface area contributed by atoms with E-state index >= 15 is 0 Å². The van der Waals surface area contributed by atoms with E-state index in [9.17, 15) is 27.6 Å². The van der Waals surface area contributed by atoms with E-state index in [0.717, 1.165) is 19.3 Å². The van der Waals surface area contributed by atoms with Crippen molar-refractivity contribution in [1.82, 2.24) is 15.1 Å². The van der Waals surface area contributed by atoms with Gasteiger partial charge in [-0.1, -0.05) is 25.7 Å². The van der Waals surface area contributed by atoms with Crippen molar-refractivity contribution < 1.29 is 32.3 Å². The first kappa shape index (κ1) is 26.6. The molecular weight excluding hydrogens is 451 g/mol. The first-order chi connectivity index (χ1) is 15.8. The number of nitrogens with zero attached hydrogens (tertiary/aromatic N) is 2. The molecule has 1 aliphatic heterocycles. The predicted molar refractivity (Wildman–Crippen MR) is 120 cm³/mol. The first-order valence-electron chi connectivity index (χ1n) is 12.4. The SMILES string of the molecule is CC(C)(C)OC(=O)NC1(C(=O)N2CCN(CC3CCCC(C(F)(F)F)C3)C(=O)C2)CCCCC1. The second kappa shape index (κ2) is 10.3. The number of piperazine rings is 1. The molecule has 7 nitrogen and oxygen atoms in total. The van der Waals surface area contributed by atoms with Gasteiger partial charge >= 0.3 is 12.3 Å². The van der Waals surface area contributed by atoms with E-state index in [4.69, 9.17) is 4.74 Å². The molecule has 3 fully saturated rings. The number of alkyl carbamates (subject to hydrolysis) is 1. The van der Waals surface area contributed by atoms with Gasteiger partial charge < -0.3 is 19.9 Å². The molecule has 2 atom stereocenters.